The molecule has 1 aromatic heterocycles. The number of fused-ring (bicyclic) bond motifs is 4. The summed E-state index contributed by atoms with van der Waals surface area (Å²) in [6.45, 7) is 3.34. The van der Waals surface area contributed by atoms with Crippen molar-refractivity contribution in [3.8, 4) is 23.3 Å². The molecule has 0 spiro atoms. The molecule has 0 saturated heterocycles. The standard InChI is InChI=1S/C38H49N3O4/c1-2-24-6-3-4-8-33(42)38-29(10-9-24)18-27-11-12-28-20-34(43)36(23-32(28)31(27)22-35(38)44)45-17-14-26(19-30-7-5-15-40-30)25-13-16-41-37(39)21-25/h5,7,13,15,18,20-21,23-24,26,29,31,33,35,38,40-44H,2-4,6,8,11-12,14,16-17,19,22,39H2,1H3/t24-,26-,29+,31-,33+,35-,38-/m1/s1. The molecule has 7 heteroatoms. The average Bonchev–Trinajstić information content (AvgIpc) is 3.49. The van der Waals surface area contributed by atoms with Gasteiger partial charge in [-0.25, -0.2) is 0 Å². The van der Waals surface area contributed by atoms with Crippen LogP contribution in [0.1, 0.15) is 81.0 Å². The number of phenolic OH excluding ortho intramolecular Hbond substituents is 1. The summed E-state index contributed by atoms with van der Waals surface area (Å²) in [5, 5.41) is 37.0. The van der Waals surface area contributed by atoms with Gasteiger partial charge in [-0.1, -0.05) is 49.3 Å². The Hall–Kier alpha value is -3.60. The highest BCUT2D eigenvalue weighted by Crippen LogP contribution is 2.47. The lowest BCUT2D eigenvalue weighted by molar-refractivity contribution is -0.00724. The van der Waals surface area contributed by atoms with Crippen molar-refractivity contribution >= 4 is 0 Å². The molecule has 240 valence electrons. The maximum atomic E-state index is 11.6. The number of aliphatic hydroxyl groups excluding tert-OH is 2. The number of nitrogens with one attached hydrogen (secondary N) is 2. The number of aromatic nitrogens is 1. The summed E-state index contributed by atoms with van der Waals surface area (Å²) in [5.41, 5.74) is 11.9. The number of rotatable bonds is 8. The van der Waals surface area contributed by atoms with E-state index in [1.54, 1.807) is 0 Å². The molecule has 45 heavy (non-hydrogen) atoms. The molecular formula is C38H49N3O4. The van der Waals surface area contributed by atoms with Crippen molar-refractivity contribution in [3.63, 3.8) is 0 Å². The lowest BCUT2D eigenvalue weighted by atomic mass is 9.76. The fourth-order valence-electron chi connectivity index (χ4n) is 7.88. The number of benzene rings is 1. The second-order valence-corrected chi connectivity index (χ2v) is 13.4. The zero-order chi connectivity index (χ0) is 31.3. The minimum absolute atomic E-state index is 0.00827. The summed E-state index contributed by atoms with van der Waals surface area (Å²) in [7, 11) is 0. The number of aromatic amines is 1. The number of H-pyrrole nitrogens is 1. The first-order chi connectivity index (χ1) is 21.9. The number of hydrogen-bond acceptors (Lipinski definition) is 6. The van der Waals surface area contributed by atoms with Crippen LogP contribution in [0.5, 0.6) is 11.5 Å². The van der Waals surface area contributed by atoms with E-state index < -0.39 is 12.2 Å². The molecule has 4 aliphatic rings. The molecule has 7 atom stereocenters. The number of ether oxygens (including phenoxy) is 1. The van der Waals surface area contributed by atoms with Gasteiger partial charge in [0.25, 0.3) is 0 Å². The van der Waals surface area contributed by atoms with E-state index in [1.165, 1.54) is 11.1 Å². The van der Waals surface area contributed by atoms with Crippen LogP contribution in [-0.2, 0) is 12.8 Å². The molecule has 0 bridgehead atoms. The lowest BCUT2D eigenvalue weighted by Gasteiger charge is -2.32. The first-order valence-electron chi connectivity index (χ1n) is 17.0. The SMILES string of the molecule is CC[C@H]1C#C[C@H]2C=C3CCc4cc(O)c(OCC[C@H](Cc5ccc[nH]5)C5=CCNC(N)=C5)cc4[C@@H]3C[C@@H](O)[C@H]2[C@@H](O)CCCC1. The van der Waals surface area contributed by atoms with E-state index >= 15 is 0 Å². The molecule has 0 radical (unpaired) electrons. The molecule has 2 heterocycles. The molecule has 1 aromatic carbocycles. The maximum Gasteiger partial charge on any atom is 0.161 e. The van der Waals surface area contributed by atoms with E-state index in [1.807, 2.05) is 30.5 Å². The van der Waals surface area contributed by atoms with Gasteiger partial charge in [-0.05, 0) is 104 Å². The van der Waals surface area contributed by atoms with Crippen LogP contribution in [0.15, 0.2) is 65.7 Å². The largest absolute Gasteiger partial charge is 0.504 e. The van der Waals surface area contributed by atoms with Gasteiger partial charge in [0.2, 0.25) is 0 Å². The van der Waals surface area contributed by atoms with Crippen molar-refractivity contribution in [1.82, 2.24) is 10.3 Å². The first-order valence-corrected chi connectivity index (χ1v) is 17.0. The summed E-state index contributed by atoms with van der Waals surface area (Å²) in [4.78, 5) is 3.32. The van der Waals surface area contributed by atoms with Crippen LogP contribution in [0.3, 0.4) is 0 Å². The topological polar surface area (TPSA) is 124 Å². The molecule has 0 fully saturated rings. The number of phenols is 1. The molecule has 0 amide bonds. The first kappa shape index (κ1) is 31.4. The monoisotopic (exact) mass is 611 g/mol. The molecule has 6 rings (SSSR count). The molecule has 0 unspecified atom stereocenters. The third-order valence-electron chi connectivity index (χ3n) is 10.4. The highest BCUT2D eigenvalue weighted by molar-refractivity contribution is 5.52. The molecule has 2 aromatic rings. The van der Waals surface area contributed by atoms with Gasteiger partial charge in [-0.2, -0.15) is 0 Å². The van der Waals surface area contributed by atoms with Gasteiger partial charge in [0.15, 0.2) is 11.5 Å². The van der Waals surface area contributed by atoms with Crippen LogP contribution in [0, 0.1) is 35.5 Å². The van der Waals surface area contributed by atoms with Crippen molar-refractivity contribution in [3.05, 3.63) is 82.5 Å². The van der Waals surface area contributed by atoms with Gasteiger partial charge in [0.05, 0.1) is 24.6 Å². The summed E-state index contributed by atoms with van der Waals surface area (Å²) in [5.74, 6) is 8.47. The number of hydrogen-bond donors (Lipinski definition) is 6. The van der Waals surface area contributed by atoms with E-state index in [0.717, 1.165) is 68.2 Å². The number of nitrogens with two attached hydrogens (primary N) is 1. The maximum absolute atomic E-state index is 11.6. The Bertz CT molecular complexity index is 1480. The predicted octanol–water partition coefficient (Wildman–Crippen LogP) is 5.60. The van der Waals surface area contributed by atoms with Gasteiger partial charge in [0.1, 0.15) is 0 Å². The van der Waals surface area contributed by atoms with Gasteiger partial charge >= 0.3 is 0 Å². The van der Waals surface area contributed by atoms with Crippen LogP contribution >= 0.6 is 0 Å². The number of dihydropyridines is 1. The second kappa shape index (κ2) is 14.2. The highest BCUT2D eigenvalue weighted by atomic mass is 16.5. The molecular weight excluding hydrogens is 562 g/mol. The summed E-state index contributed by atoms with van der Waals surface area (Å²) < 4.78 is 6.31. The van der Waals surface area contributed by atoms with Gasteiger partial charge < -0.3 is 36.1 Å². The summed E-state index contributed by atoms with van der Waals surface area (Å²) in [6, 6.07) is 7.96. The van der Waals surface area contributed by atoms with E-state index in [0.29, 0.717) is 43.5 Å². The van der Waals surface area contributed by atoms with Crippen LogP contribution in [0.2, 0.25) is 0 Å². The Morgan fingerprint density at radius 2 is 1.98 bits per heavy atom. The smallest absolute Gasteiger partial charge is 0.161 e. The Morgan fingerprint density at radius 1 is 1.11 bits per heavy atom. The minimum Gasteiger partial charge on any atom is -0.504 e. The van der Waals surface area contributed by atoms with E-state index in [4.69, 9.17) is 10.5 Å². The second-order valence-electron chi connectivity index (χ2n) is 13.4. The molecule has 1 aliphatic heterocycles. The third kappa shape index (κ3) is 7.29. The number of aryl methyl sites for hydroxylation is 1. The Labute approximate surface area is 267 Å². The third-order valence-corrected chi connectivity index (χ3v) is 10.4. The molecule has 7 nitrogen and oxygen atoms in total. The minimum atomic E-state index is -0.672. The van der Waals surface area contributed by atoms with Crippen molar-refractivity contribution in [2.45, 2.75) is 89.3 Å². The molecule has 3 aliphatic carbocycles. The zero-order valence-electron chi connectivity index (χ0n) is 26.5. The lowest BCUT2D eigenvalue weighted by Crippen LogP contribution is -2.37. The normalized spacial score (nSPS) is 28.6. The van der Waals surface area contributed by atoms with Gasteiger partial charge in [-0.3, -0.25) is 0 Å². The van der Waals surface area contributed by atoms with Crippen molar-refractivity contribution < 1.29 is 20.1 Å². The highest BCUT2D eigenvalue weighted by Gasteiger charge is 2.40. The Kier molecular flexibility index (Phi) is 9.92. The fourth-order valence-corrected chi connectivity index (χ4v) is 7.88. The average molecular weight is 612 g/mol. The predicted molar refractivity (Wildman–Crippen MR) is 177 cm³/mol. The van der Waals surface area contributed by atoms with Crippen LogP contribution in [-0.4, -0.2) is 45.7 Å². The van der Waals surface area contributed by atoms with Gasteiger partial charge in [0, 0.05) is 42.1 Å². The van der Waals surface area contributed by atoms with Crippen LogP contribution < -0.4 is 15.8 Å². The number of aromatic hydroxyl groups is 1. The molecule has 0 saturated carbocycles. The Balaban J connectivity index is 1.23. The van der Waals surface area contributed by atoms with Crippen LogP contribution in [0.25, 0.3) is 0 Å². The van der Waals surface area contributed by atoms with E-state index in [-0.39, 0.29) is 29.4 Å². The van der Waals surface area contributed by atoms with E-state index in [2.05, 4.69) is 47.3 Å². The quantitative estimate of drug-likeness (QED) is 0.171. The number of allylic oxidation sites excluding steroid dienone is 4. The van der Waals surface area contributed by atoms with Gasteiger partial charge in [-0.15, -0.1) is 0 Å². The molecule has 7 N–H and O–H groups in total. The number of aliphatic hydroxyl groups is 2. The van der Waals surface area contributed by atoms with E-state index in [9.17, 15) is 15.3 Å². The van der Waals surface area contributed by atoms with Crippen molar-refractivity contribution in [2.24, 2.45) is 29.4 Å². The zero-order valence-corrected chi connectivity index (χ0v) is 26.5. The summed E-state index contributed by atoms with van der Waals surface area (Å²) >= 11 is 0. The fraction of sp³-hybridized carbons (Fsp3) is 0.526. The summed E-state index contributed by atoms with van der Waals surface area (Å²) in [6.07, 6.45) is 15.8. The van der Waals surface area contributed by atoms with Crippen molar-refractivity contribution in [2.75, 3.05) is 13.2 Å². The van der Waals surface area contributed by atoms with Crippen LogP contribution in [0.4, 0.5) is 0 Å². The van der Waals surface area contributed by atoms with Crippen molar-refractivity contribution in [1.29, 1.82) is 0 Å². The Morgan fingerprint density at radius 3 is 2.78 bits per heavy atom.